The number of hydrogen-bond acceptors (Lipinski definition) is 6. The summed E-state index contributed by atoms with van der Waals surface area (Å²) in [6.07, 6.45) is 30.5. The van der Waals surface area contributed by atoms with Gasteiger partial charge in [-0.2, -0.15) is 0 Å². The molecule has 2 aliphatic rings. The summed E-state index contributed by atoms with van der Waals surface area (Å²) in [4.78, 5) is 70.1. The van der Waals surface area contributed by atoms with Crippen LogP contribution in [0, 0.1) is 13.8 Å². The fraction of sp³-hybridized carbons (Fsp3) is 0.636. The number of amides is 4. The van der Waals surface area contributed by atoms with E-state index < -0.39 is 0 Å². The molecule has 0 saturated heterocycles. The predicted octanol–water partition coefficient (Wildman–Crippen LogP) is 15.3. The molecule has 12 heteroatoms. The highest BCUT2D eigenvalue weighted by Crippen LogP contribution is 2.38. The zero-order valence-corrected chi connectivity index (χ0v) is 49.9. The van der Waals surface area contributed by atoms with Crippen LogP contribution in [0.5, 0.6) is 0 Å². The van der Waals surface area contributed by atoms with E-state index in [-0.39, 0.29) is 36.5 Å². The Kier molecular flexibility index (Phi) is 28.5. The fourth-order valence-electron chi connectivity index (χ4n) is 11.2. The molecule has 0 fully saturated rings. The minimum absolute atomic E-state index is 0.0408. The molecule has 5 heterocycles. The first-order valence-electron chi connectivity index (χ1n) is 31.1. The van der Waals surface area contributed by atoms with Gasteiger partial charge in [0.25, 0.3) is 0 Å². The zero-order chi connectivity index (χ0) is 56.1. The normalized spacial score (nSPS) is 12.4. The standard InChI is InChI=1S/C66H102N8O4/c1-9-13-15-17-19-21-23-25-27-29-39-67-63(75)33-31-41-69-65(77)37-35-53-49(7)56-43-55-47(5)51(11-3)59(71-55)44-57-48(6)52(12-4)60(72-57)45-58-50(8)54(62(74-58)46-61(53)73-56)36-38-66(78)70-42-32-34-64(76)68-40-30-28-26-24-22-20-18-16-14-10-2/h43-46,71-72H,9-42H2,1-8H3,(H,67,75)(H,68,76)(H,69,77)(H,70,78). The van der Waals surface area contributed by atoms with Gasteiger partial charge in [-0.3, -0.25) is 19.2 Å². The monoisotopic (exact) mass is 1070 g/mol. The quantitative estimate of drug-likeness (QED) is 0.0312. The van der Waals surface area contributed by atoms with Crippen molar-refractivity contribution >= 4 is 68.0 Å². The van der Waals surface area contributed by atoms with Crippen LogP contribution in [0.25, 0.3) is 44.4 Å². The Morgan fingerprint density at radius 1 is 0.372 bits per heavy atom. The largest absolute Gasteiger partial charge is 0.356 e. The molecule has 0 atom stereocenters. The van der Waals surface area contributed by atoms with E-state index in [1.165, 1.54) is 125 Å². The van der Waals surface area contributed by atoms with E-state index in [9.17, 15) is 19.2 Å². The Balaban J connectivity index is 1.23. The highest BCUT2D eigenvalue weighted by Gasteiger charge is 2.23. The number of unbranched alkanes of at least 4 members (excludes halogenated alkanes) is 18. The van der Waals surface area contributed by atoms with Gasteiger partial charge in [0.2, 0.25) is 23.6 Å². The first kappa shape index (κ1) is 63.3. The fourth-order valence-corrected chi connectivity index (χ4v) is 11.2. The second-order valence-corrected chi connectivity index (χ2v) is 22.3. The van der Waals surface area contributed by atoms with Gasteiger partial charge in [-0.25, -0.2) is 9.97 Å². The summed E-state index contributed by atoms with van der Waals surface area (Å²) in [6, 6.07) is 8.56. The van der Waals surface area contributed by atoms with Gasteiger partial charge in [0, 0.05) is 73.9 Å². The summed E-state index contributed by atoms with van der Waals surface area (Å²) >= 11 is 0. The van der Waals surface area contributed by atoms with E-state index in [0.717, 1.165) is 106 Å². The maximum absolute atomic E-state index is 13.4. The highest BCUT2D eigenvalue weighted by atomic mass is 16.2. The number of aromatic nitrogens is 4. The predicted molar refractivity (Wildman–Crippen MR) is 327 cm³/mol. The number of carbonyl (C=O) groups is 4. The minimum atomic E-state index is -0.0628. The summed E-state index contributed by atoms with van der Waals surface area (Å²) in [6.45, 7) is 19.7. The lowest BCUT2D eigenvalue weighted by Crippen LogP contribution is -2.27. The van der Waals surface area contributed by atoms with Gasteiger partial charge >= 0.3 is 0 Å². The summed E-state index contributed by atoms with van der Waals surface area (Å²) in [5, 5.41) is 12.3. The molecule has 4 amide bonds. The van der Waals surface area contributed by atoms with E-state index in [1.807, 2.05) is 6.07 Å². The number of nitrogens with zero attached hydrogens (tertiary/aromatic N) is 2. The van der Waals surface area contributed by atoms with Crippen molar-refractivity contribution in [1.29, 1.82) is 0 Å². The van der Waals surface area contributed by atoms with Crippen LogP contribution in [0.2, 0.25) is 0 Å². The van der Waals surface area contributed by atoms with Crippen molar-refractivity contribution < 1.29 is 19.2 Å². The average Bonchev–Trinajstić information content (AvgIpc) is 4.19. The van der Waals surface area contributed by atoms with Crippen LogP contribution in [0.15, 0.2) is 24.3 Å². The first-order valence-corrected chi connectivity index (χ1v) is 31.1. The number of allylic oxidation sites excluding steroid dienone is 4. The molecule has 0 saturated carbocycles. The molecular weight excluding hydrogens is 969 g/mol. The molecule has 430 valence electrons. The van der Waals surface area contributed by atoms with Crippen molar-refractivity contribution in [2.24, 2.45) is 0 Å². The number of fused-ring (bicyclic) bond motifs is 8. The highest BCUT2D eigenvalue weighted by molar-refractivity contribution is 5.97. The number of H-pyrrole nitrogens is 2. The second-order valence-electron chi connectivity index (χ2n) is 22.3. The summed E-state index contributed by atoms with van der Waals surface area (Å²) in [5.74, 6) is -0.0436. The van der Waals surface area contributed by atoms with Crippen molar-refractivity contribution in [3.63, 3.8) is 0 Å². The molecule has 0 aliphatic carbocycles. The van der Waals surface area contributed by atoms with Crippen molar-refractivity contribution in [3.8, 4) is 0 Å². The van der Waals surface area contributed by atoms with Gasteiger partial charge < -0.3 is 31.2 Å². The lowest BCUT2D eigenvalue weighted by Gasteiger charge is -2.09. The Hall–Kier alpha value is -5.52. The van der Waals surface area contributed by atoms with Gasteiger partial charge in [-0.05, 0) is 148 Å². The molecule has 5 rings (SSSR count). The van der Waals surface area contributed by atoms with Gasteiger partial charge in [-0.15, -0.1) is 0 Å². The van der Waals surface area contributed by atoms with Crippen molar-refractivity contribution in [2.45, 2.75) is 248 Å². The van der Waals surface area contributed by atoms with E-state index in [1.54, 1.807) is 0 Å². The number of carbonyl (C=O) groups excluding carboxylic acids is 4. The van der Waals surface area contributed by atoms with E-state index >= 15 is 0 Å². The molecule has 3 aromatic rings. The third kappa shape index (κ3) is 20.6. The molecule has 0 radical (unpaired) electrons. The molecule has 12 nitrogen and oxygen atoms in total. The van der Waals surface area contributed by atoms with Crippen LogP contribution in [0.4, 0.5) is 0 Å². The number of rotatable bonds is 38. The SMILES string of the molecule is CCCCCCCCCCCCNC(=O)CCCNC(=O)CCC1=C(C)c2cc3[nH]c(cc4[nH]c(cc5nc(cc1n2)C(CCC(=O)NCCCC(=O)NCCCCCCCCCCCC)=C5C)c(CC)c4C)c(CC)c3C. The van der Waals surface area contributed by atoms with Crippen LogP contribution < -0.4 is 21.3 Å². The lowest BCUT2D eigenvalue weighted by molar-refractivity contribution is -0.122. The Bertz CT molecular complexity index is 2630. The topological polar surface area (TPSA) is 174 Å². The van der Waals surface area contributed by atoms with Gasteiger partial charge in [0.1, 0.15) is 0 Å². The van der Waals surface area contributed by atoms with Crippen molar-refractivity contribution in [3.05, 3.63) is 69.3 Å². The van der Waals surface area contributed by atoms with E-state index in [4.69, 9.17) is 9.97 Å². The third-order valence-electron chi connectivity index (χ3n) is 16.2. The minimum Gasteiger partial charge on any atom is -0.356 e. The van der Waals surface area contributed by atoms with Crippen LogP contribution in [0.3, 0.4) is 0 Å². The molecule has 2 aliphatic heterocycles. The Morgan fingerprint density at radius 3 is 1.08 bits per heavy atom. The molecule has 0 unspecified atom stereocenters. The van der Waals surface area contributed by atoms with Gasteiger partial charge in [0.05, 0.1) is 22.8 Å². The second kappa shape index (κ2) is 35.2. The molecule has 3 aromatic heterocycles. The molecule has 8 bridgehead atoms. The number of hydrogen-bond donors (Lipinski definition) is 6. The number of aromatic amines is 2. The van der Waals surface area contributed by atoms with Crippen LogP contribution >= 0.6 is 0 Å². The van der Waals surface area contributed by atoms with Crippen molar-refractivity contribution in [2.75, 3.05) is 26.2 Å². The average molecular weight is 1070 g/mol. The smallest absolute Gasteiger partial charge is 0.220 e. The van der Waals surface area contributed by atoms with Crippen LogP contribution in [-0.4, -0.2) is 69.7 Å². The van der Waals surface area contributed by atoms with Crippen LogP contribution in [-0.2, 0) is 32.0 Å². The van der Waals surface area contributed by atoms with Crippen molar-refractivity contribution in [1.82, 2.24) is 41.2 Å². The van der Waals surface area contributed by atoms with E-state index in [0.29, 0.717) is 64.7 Å². The molecular formula is C66H102N8O4. The van der Waals surface area contributed by atoms with Crippen LogP contribution in [0.1, 0.15) is 266 Å². The summed E-state index contributed by atoms with van der Waals surface area (Å²) < 4.78 is 0. The van der Waals surface area contributed by atoms with Gasteiger partial charge in [-0.1, -0.05) is 143 Å². The summed E-state index contributed by atoms with van der Waals surface area (Å²) in [7, 11) is 0. The number of nitrogens with one attached hydrogen (secondary N) is 6. The van der Waals surface area contributed by atoms with Gasteiger partial charge in [0.15, 0.2) is 0 Å². The maximum Gasteiger partial charge on any atom is 0.220 e. The first-order chi connectivity index (χ1) is 37.9. The summed E-state index contributed by atoms with van der Waals surface area (Å²) in [5.41, 5.74) is 16.2. The lowest BCUT2D eigenvalue weighted by atomic mass is 9.98. The maximum atomic E-state index is 13.4. The molecule has 0 aromatic carbocycles. The number of aryl methyl sites for hydroxylation is 4. The molecule has 0 spiro atoms. The zero-order valence-electron chi connectivity index (χ0n) is 49.9. The van der Waals surface area contributed by atoms with E-state index in [2.05, 4.69) is 105 Å². The molecule has 78 heavy (non-hydrogen) atoms. The molecule has 6 N–H and O–H groups in total. The Morgan fingerprint density at radius 2 is 0.692 bits per heavy atom. The Labute approximate surface area is 469 Å². The third-order valence-corrected chi connectivity index (χ3v) is 16.2.